The van der Waals surface area contributed by atoms with Crippen molar-refractivity contribution in [2.45, 2.75) is 43.6 Å². The van der Waals surface area contributed by atoms with E-state index in [0.717, 1.165) is 0 Å². The molecule has 0 spiro atoms. The van der Waals surface area contributed by atoms with Crippen molar-refractivity contribution in [2.75, 3.05) is 18.2 Å². The number of nitrogens with one attached hydrogen (secondary N) is 1. The minimum absolute atomic E-state index is 0.0139. The smallest absolute Gasteiger partial charge is 0.305 e. The van der Waals surface area contributed by atoms with Crippen molar-refractivity contribution in [1.82, 2.24) is 4.98 Å². The van der Waals surface area contributed by atoms with E-state index >= 15 is 0 Å². The first-order valence-electron chi connectivity index (χ1n) is 7.64. The summed E-state index contributed by atoms with van der Waals surface area (Å²) in [5, 5.41) is 21.7. The second-order valence-corrected chi connectivity index (χ2v) is 6.87. The number of nitrogens with zero attached hydrogens (tertiary/aromatic N) is 2. The van der Waals surface area contributed by atoms with Crippen LogP contribution < -0.4 is 5.32 Å². The van der Waals surface area contributed by atoms with E-state index in [9.17, 15) is 19.2 Å². The van der Waals surface area contributed by atoms with Crippen LogP contribution in [-0.4, -0.2) is 45.0 Å². The molecule has 25 heavy (non-hydrogen) atoms. The Balaban J connectivity index is 2.72. The van der Waals surface area contributed by atoms with E-state index in [2.05, 4.69) is 10.3 Å². The van der Waals surface area contributed by atoms with Crippen molar-refractivity contribution in [3.8, 4) is 6.07 Å². The zero-order valence-corrected chi connectivity index (χ0v) is 15.2. The zero-order chi connectivity index (χ0) is 19.0. The minimum atomic E-state index is -1.70. The Hall–Kier alpha value is -2.15. The average molecular weight is 367 g/mol. The zero-order valence-electron chi connectivity index (χ0n) is 14.4. The van der Waals surface area contributed by atoms with Crippen LogP contribution in [-0.2, 0) is 25.5 Å². The van der Waals surface area contributed by atoms with Crippen molar-refractivity contribution in [2.24, 2.45) is 0 Å². The average Bonchev–Trinajstić information content (AvgIpc) is 2.54. The number of pyridine rings is 1. The van der Waals surface area contributed by atoms with Gasteiger partial charge in [-0.15, -0.1) is 0 Å². The summed E-state index contributed by atoms with van der Waals surface area (Å²) in [5.41, 5.74) is -1.47. The molecule has 0 fully saturated rings. The van der Waals surface area contributed by atoms with Crippen molar-refractivity contribution in [3.63, 3.8) is 0 Å². The first kappa shape index (κ1) is 20.9. The van der Waals surface area contributed by atoms with Crippen molar-refractivity contribution in [1.29, 1.82) is 5.26 Å². The summed E-state index contributed by atoms with van der Waals surface area (Å²) >= 11 is -1.45. The Morgan fingerprint density at radius 2 is 2.24 bits per heavy atom. The Labute approximate surface area is 149 Å². The molecular formula is C16H21N3O5S. The van der Waals surface area contributed by atoms with Gasteiger partial charge in [-0.3, -0.25) is 9.59 Å². The van der Waals surface area contributed by atoms with Gasteiger partial charge in [-0.05, 0) is 37.9 Å². The first-order chi connectivity index (χ1) is 11.7. The van der Waals surface area contributed by atoms with Gasteiger partial charge in [0, 0.05) is 12.5 Å². The largest absolute Gasteiger partial charge is 0.612 e. The number of hydrogen-bond donors (Lipinski definition) is 2. The number of ether oxygens (including phenoxy) is 1. The van der Waals surface area contributed by atoms with E-state index in [1.54, 1.807) is 6.92 Å². The molecule has 1 unspecified atom stereocenters. The lowest BCUT2D eigenvalue weighted by molar-refractivity contribution is -0.144. The maximum Gasteiger partial charge on any atom is 0.305 e. The van der Waals surface area contributed by atoms with Crippen LogP contribution in [0.1, 0.15) is 38.8 Å². The van der Waals surface area contributed by atoms with E-state index < -0.39 is 22.7 Å². The summed E-state index contributed by atoms with van der Waals surface area (Å²) in [4.78, 5) is 27.6. The van der Waals surface area contributed by atoms with Gasteiger partial charge in [0.1, 0.15) is 17.9 Å². The van der Waals surface area contributed by atoms with Gasteiger partial charge in [0.05, 0.1) is 18.5 Å². The fraction of sp³-hybridized carbons (Fsp3) is 0.500. The fourth-order valence-electron chi connectivity index (χ4n) is 2.01. The van der Waals surface area contributed by atoms with Crippen LogP contribution in [0.25, 0.3) is 0 Å². The molecule has 8 nitrogen and oxygen atoms in total. The summed E-state index contributed by atoms with van der Waals surface area (Å²) in [7, 11) is 0. The lowest BCUT2D eigenvalue weighted by Gasteiger charge is -2.22. The molecule has 1 rings (SSSR count). The van der Waals surface area contributed by atoms with Crippen molar-refractivity contribution in [3.05, 3.63) is 18.0 Å². The van der Waals surface area contributed by atoms with Gasteiger partial charge in [-0.2, -0.15) is 5.26 Å². The maximum atomic E-state index is 12.2. The Morgan fingerprint density at radius 1 is 1.56 bits per heavy atom. The van der Waals surface area contributed by atoms with Gasteiger partial charge in [0.15, 0.2) is 10.6 Å². The van der Waals surface area contributed by atoms with Gasteiger partial charge in [-0.1, -0.05) is 0 Å². The number of hydrogen-bond acceptors (Lipinski definition) is 7. The lowest BCUT2D eigenvalue weighted by Crippen LogP contribution is -2.40. The molecular weight excluding hydrogens is 346 g/mol. The number of amides is 1. The van der Waals surface area contributed by atoms with Gasteiger partial charge >= 0.3 is 5.97 Å². The quantitative estimate of drug-likeness (QED) is 0.519. The van der Waals surface area contributed by atoms with Crippen LogP contribution in [0.4, 0.5) is 5.69 Å². The van der Waals surface area contributed by atoms with Crippen LogP contribution in [0, 0.1) is 11.3 Å². The van der Waals surface area contributed by atoms with Gasteiger partial charge in [-0.25, -0.2) is 4.98 Å². The molecule has 0 saturated carbocycles. The number of rotatable bonds is 8. The summed E-state index contributed by atoms with van der Waals surface area (Å²) in [6, 6.07) is 3.21. The Morgan fingerprint density at radius 3 is 2.80 bits per heavy atom. The molecule has 0 aliphatic rings. The van der Waals surface area contributed by atoms with Crippen molar-refractivity contribution >= 4 is 28.7 Å². The molecule has 0 bridgehead atoms. The SMILES string of the molecule is CCOC(=O)CCC[C@](C)(O)C(=O)Nc1cnc(C#N)c([S+](C)[O-])c1. The summed E-state index contributed by atoms with van der Waals surface area (Å²) < 4.78 is 16.4. The molecule has 0 saturated heterocycles. The van der Waals surface area contributed by atoms with Crippen LogP contribution in [0.3, 0.4) is 0 Å². The molecule has 1 amide bonds. The van der Waals surface area contributed by atoms with Gasteiger partial charge < -0.3 is 19.7 Å². The van der Waals surface area contributed by atoms with E-state index in [4.69, 9.17) is 10.00 Å². The van der Waals surface area contributed by atoms with Crippen LogP contribution in [0.5, 0.6) is 0 Å². The van der Waals surface area contributed by atoms with Crippen molar-refractivity contribution < 1.29 is 24.0 Å². The highest BCUT2D eigenvalue weighted by molar-refractivity contribution is 7.90. The predicted octanol–water partition coefficient (Wildman–Crippen LogP) is 1.11. The van der Waals surface area contributed by atoms with Gasteiger partial charge in [0.2, 0.25) is 0 Å². The molecule has 0 aliphatic carbocycles. The Bertz CT molecular complexity index is 670. The second-order valence-electron chi connectivity index (χ2n) is 5.52. The molecule has 9 heteroatoms. The number of carbonyl (C=O) groups is 2. The van der Waals surface area contributed by atoms with E-state index in [-0.39, 0.29) is 48.1 Å². The second kappa shape index (κ2) is 9.36. The van der Waals surface area contributed by atoms with E-state index in [0.29, 0.717) is 0 Å². The molecule has 2 N–H and O–H groups in total. The number of aromatic nitrogens is 1. The normalized spacial score (nSPS) is 14.1. The van der Waals surface area contributed by atoms with Gasteiger partial charge in [0.25, 0.3) is 5.91 Å². The minimum Gasteiger partial charge on any atom is -0.612 e. The maximum absolute atomic E-state index is 12.2. The number of esters is 1. The number of carbonyl (C=O) groups excluding carboxylic acids is 2. The van der Waals surface area contributed by atoms with Crippen LogP contribution >= 0.6 is 0 Å². The summed E-state index contributed by atoms with van der Waals surface area (Å²) in [5.74, 6) is -1.07. The van der Waals surface area contributed by atoms with Crippen LogP contribution in [0.2, 0.25) is 0 Å². The molecule has 0 radical (unpaired) electrons. The predicted molar refractivity (Wildman–Crippen MR) is 91.0 cm³/mol. The first-order valence-corrected chi connectivity index (χ1v) is 9.20. The van der Waals surface area contributed by atoms with E-state index in [1.807, 2.05) is 6.07 Å². The summed E-state index contributed by atoms with van der Waals surface area (Å²) in [6.07, 6.45) is 3.11. The molecule has 1 aromatic rings. The molecule has 136 valence electrons. The third kappa shape index (κ3) is 6.34. The molecule has 0 aliphatic heterocycles. The molecule has 2 atom stereocenters. The monoisotopic (exact) mass is 367 g/mol. The van der Waals surface area contributed by atoms with Crippen LogP contribution in [0.15, 0.2) is 17.2 Å². The molecule has 1 aromatic heterocycles. The standard InChI is InChI=1S/C16H21N3O5S/c1-4-24-14(20)6-5-7-16(2,22)15(21)19-11-8-13(25(3)23)12(9-17)18-10-11/h8,10,22H,4-7H2,1-3H3,(H,19,21)/t16-,25?/m0/s1. The highest BCUT2D eigenvalue weighted by Crippen LogP contribution is 2.21. The fourth-order valence-corrected chi connectivity index (χ4v) is 2.67. The third-order valence-electron chi connectivity index (χ3n) is 3.37. The Kier molecular flexibility index (Phi) is 7.83. The van der Waals surface area contributed by atoms with E-state index in [1.165, 1.54) is 25.4 Å². The number of nitriles is 1. The lowest BCUT2D eigenvalue weighted by atomic mass is 9.98. The molecule has 1 heterocycles. The highest BCUT2D eigenvalue weighted by Gasteiger charge is 2.30. The highest BCUT2D eigenvalue weighted by atomic mass is 32.2. The number of aliphatic hydroxyl groups is 1. The summed E-state index contributed by atoms with van der Waals surface area (Å²) in [6.45, 7) is 3.32. The molecule has 0 aromatic carbocycles. The topological polar surface area (TPSA) is 135 Å². The third-order valence-corrected chi connectivity index (χ3v) is 4.30. The number of anilines is 1.